The number of hydrogen-bond donors (Lipinski definition) is 1. The molecular formula is C25H27N3O4S2. The van der Waals surface area contributed by atoms with Gasteiger partial charge in [0.1, 0.15) is 5.01 Å². The summed E-state index contributed by atoms with van der Waals surface area (Å²) in [6, 6.07) is 11.5. The minimum Gasteiger partial charge on any atom is -0.385 e. The van der Waals surface area contributed by atoms with Gasteiger partial charge < -0.3 is 10.1 Å². The maximum absolute atomic E-state index is 13.6. The molecule has 1 aliphatic rings. The van der Waals surface area contributed by atoms with Gasteiger partial charge in [0.15, 0.2) is 0 Å². The zero-order chi connectivity index (χ0) is 24.1. The van der Waals surface area contributed by atoms with Crippen molar-refractivity contribution in [2.75, 3.05) is 20.3 Å². The Bertz CT molecular complexity index is 1170. The molecule has 7 nitrogen and oxygen atoms in total. The summed E-state index contributed by atoms with van der Waals surface area (Å²) in [5.74, 6) is -0.849. The van der Waals surface area contributed by atoms with E-state index in [0.29, 0.717) is 13.0 Å². The van der Waals surface area contributed by atoms with E-state index in [2.05, 4.69) is 10.3 Å². The van der Waals surface area contributed by atoms with E-state index in [9.17, 15) is 14.4 Å². The number of benzene rings is 1. The normalized spacial score (nSPS) is 18.0. The van der Waals surface area contributed by atoms with Crippen molar-refractivity contribution >= 4 is 40.4 Å². The van der Waals surface area contributed by atoms with Crippen LogP contribution in [0.1, 0.15) is 36.1 Å². The van der Waals surface area contributed by atoms with Gasteiger partial charge in [-0.2, -0.15) is 0 Å². The average molecular weight is 498 g/mol. The van der Waals surface area contributed by atoms with Crippen molar-refractivity contribution in [2.45, 2.75) is 38.1 Å². The van der Waals surface area contributed by atoms with Gasteiger partial charge in [0.25, 0.3) is 0 Å². The lowest BCUT2D eigenvalue weighted by molar-refractivity contribution is -0.141. The molecule has 34 heavy (non-hydrogen) atoms. The molecule has 1 aromatic carbocycles. The summed E-state index contributed by atoms with van der Waals surface area (Å²) in [7, 11) is 1.58. The summed E-state index contributed by atoms with van der Waals surface area (Å²) in [4.78, 5) is 46.5. The first-order valence-electron chi connectivity index (χ1n) is 11.1. The number of rotatable bonds is 10. The minimum absolute atomic E-state index is 0.0175. The number of nitrogens with zero attached hydrogens (tertiary/aromatic N) is 2. The summed E-state index contributed by atoms with van der Waals surface area (Å²) in [6.07, 6.45) is 0.446. The van der Waals surface area contributed by atoms with Crippen LogP contribution >= 0.6 is 22.7 Å². The summed E-state index contributed by atoms with van der Waals surface area (Å²) in [5, 5.41) is 7.75. The van der Waals surface area contributed by atoms with Gasteiger partial charge in [-0.25, -0.2) is 4.98 Å². The second kappa shape index (κ2) is 10.6. The van der Waals surface area contributed by atoms with E-state index in [1.807, 2.05) is 54.1 Å². The number of amides is 3. The summed E-state index contributed by atoms with van der Waals surface area (Å²) in [6.45, 7) is 2.91. The minimum atomic E-state index is -1.20. The molecule has 0 aliphatic carbocycles. The molecule has 1 atom stereocenters. The third kappa shape index (κ3) is 4.96. The lowest BCUT2D eigenvalue weighted by Gasteiger charge is -2.28. The Kier molecular flexibility index (Phi) is 7.55. The Balaban J connectivity index is 1.51. The maximum Gasteiger partial charge on any atom is 0.240 e. The fourth-order valence-electron chi connectivity index (χ4n) is 4.37. The van der Waals surface area contributed by atoms with Crippen molar-refractivity contribution in [3.8, 4) is 9.88 Å². The Morgan fingerprint density at radius 2 is 2.03 bits per heavy atom. The number of methoxy groups -OCH3 is 1. The number of likely N-dealkylation sites (tertiary alicyclic amines) is 1. The van der Waals surface area contributed by atoms with E-state index in [1.54, 1.807) is 18.4 Å². The third-order valence-electron chi connectivity index (χ3n) is 6.01. The zero-order valence-corrected chi connectivity index (χ0v) is 20.8. The van der Waals surface area contributed by atoms with Crippen LogP contribution in [0.5, 0.6) is 0 Å². The molecule has 1 aliphatic heterocycles. The van der Waals surface area contributed by atoms with Gasteiger partial charge >= 0.3 is 0 Å². The van der Waals surface area contributed by atoms with Crippen LogP contribution in [0.2, 0.25) is 0 Å². The number of hydrogen-bond acceptors (Lipinski definition) is 7. The van der Waals surface area contributed by atoms with Crippen LogP contribution in [0.15, 0.2) is 47.2 Å². The van der Waals surface area contributed by atoms with Crippen molar-refractivity contribution in [3.05, 3.63) is 64.0 Å². The van der Waals surface area contributed by atoms with Crippen LogP contribution in [-0.2, 0) is 31.1 Å². The molecular weight excluding hydrogens is 470 g/mol. The second-order valence-corrected chi connectivity index (χ2v) is 10.2. The average Bonchev–Trinajstić information content (AvgIpc) is 3.55. The summed E-state index contributed by atoms with van der Waals surface area (Å²) >= 11 is 3.15. The van der Waals surface area contributed by atoms with Crippen molar-refractivity contribution < 1.29 is 19.1 Å². The predicted octanol–water partition coefficient (Wildman–Crippen LogP) is 3.92. The molecule has 1 saturated heterocycles. The standard InChI is InChI=1S/C25H27N3O4S2/c1-17-7-3-4-8-19(17)25(14-22(30)28(24(25)31)10-6-11-32-2)13-21(29)26-15-18-16-34-23(27-18)20-9-5-12-33-20/h3-5,7-9,12,16H,6,10-11,13-15H2,1-2H3,(H,26,29)/t25-/m1/s1. The van der Waals surface area contributed by atoms with Gasteiger partial charge in [-0.1, -0.05) is 30.3 Å². The van der Waals surface area contributed by atoms with Gasteiger partial charge in [-0.15, -0.1) is 22.7 Å². The molecule has 0 spiro atoms. The molecule has 1 fully saturated rings. The van der Waals surface area contributed by atoms with Gasteiger partial charge in [0.2, 0.25) is 17.7 Å². The van der Waals surface area contributed by atoms with Crippen LogP contribution < -0.4 is 5.32 Å². The fraction of sp³-hybridized carbons (Fsp3) is 0.360. The highest BCUT2D eigenvalue weighted by Gasteiger charge is 2.53. The topological polar surface area (TPSA) is 88.6 Å². The number of carbonyl (C=O) groups excluding carboxylic acids is 3. The SMILES string of the molecule is COCCCN1C(=O)C[C@](CC(=O)NCc2csc(-c3cccs3)n2)(c2ccccc2C)C1=O. The first kappa shape index (κ1) is 24.3. The van der Waals surface area contributed by atoms with Crippen molar-refractivity contribution in [1.82, 2.24) is 15.2 Å². The molecule has 178 valence electrons. The zero-order valence-electron chi connectivity index (χ0n) is 19.2. The van der Waals surface area contributed by atoms with Crippen molar-refractivity contribution in [1.29, 1.82) is 0 Å². The van der Waals surface area contributed by atoms with Gasteiger partial charge in [-0.05, 0) is 35.9 Å². The highest BCUT2D eigenvalue weighted by atomic mass is 32.1. The number of aromatic nitrogens is 1. The molecule has 4 rings (SSSR count). The molecule has 3 heterocycles. The number of ether oxygens (including phenoxy) is 1. The van der Waals surface area contributed by atoms with Crippen LogP contribution in [0, 0.1) is 6.92 Å². The van der Waals surface area contributed by atoms with E-state index >= 15 is 0 Å². The first-order chi connectivity index (χ1) is 16.4. The largest absolute Gasteiger partial charge is 0.385 e. The number of nitrogens with one attached hydrogen (secondary N) is 1. The number of thiazole rings is 1. The number of carbonyl (C=O) groups is 3. The van der Waals surface area contributed by atoms with Crippen LogP contribution in [0.4, 0.5) is 0 Å². The highest BCUT2D eigenvalue weighted by molar-refractivity contribution is 7.20. The maximum atomic E-state index is 13.6. The molecule has 0 unspecified atom stereocenters. The molecule has 3 aromatic rings. The quantitative estimate of drug-likeness (QED) is 0.339. The highest BCUT2D eigenvalue weighted by Crippen LogP contribution is 2.41. The molecule has 3 amide bonds. The summed E-state index contributed by atoms with van der Waals surface area (Å²) < 4.78 is 5.07. The van der Waals surface area contributed by atoms with E-state index in [4.69, 9.17) is 4.74 Å². The Labute approximate surface area is 206 Å². The Hall–Kier alpha value is -2.88. The van der Waals surface area contributed by atoms with Crippen molar-refractivity contribution in [2.24, 2.45) is 0 Å². The second-order valence-electron chi connectivity index (χ2n) is 8.35. The lowest BCUT2D eigenvalue weighted by Crippen LogP contribution is -2.43. The van der Waals surface area contributed by atoms with E-state index in [-0.39, 0.29) is 43.7 Å². The van der Waals surface area contributed by atoms with Gasteiger partial charge in [0.05, 0.1) is 22.5 Å². The first-order valence-corrected chi connectivity index (χ1v) is 12.9. The molecule has 9 heteroatoms. The number of aryl methyl sites for hydroxylation is 1. The summed E-state index contributed by atoms with van der Waals surface area (Å²) in [5.41, 5.74) is 1.17. The van der Waals surface area contributed by atoms with Crippen LogP contribution in [-0.4, -0.2) is 47.9 Å². The van der Waals surface area contributed by atoms with Crippen molar-refractivity contribution in [3.63, 3.8) is 0 Å². The lowest BCUT2D eigenvalue weighted by atomic mass is 9.74. The van der Waals surface area contributed by atoms with Crippen LogP contribution in [0.25, 0.3) is 9.88 Å². The predicted molar refractivity (Wildman–Crippen MR) is 133 cm³/mol. The fourth-order valence-corrected chi connectivity index (χ4v) is 6.01. The van der Waals surface area contributed by atoms with E-state index in [0.717, 1.165) is 26.7 Å². The Morgan fingerprint density at radius 1 is 1.21 bits per heavy atom. The monoisotopic (exact) mass is 497 g/mol. The molecule has 2 aromatic heterocycles. The third-order valence-corrected chi connectivity index (χ3v) is 7.94. The van der Waals surface area contributed by atoms with E-state index < -0.39 is 5.41 Å². The smallest absolute Gasteiger partial charge is 0.240 e. The van der Waals surface area contributed by atoms with Crippen LogP contribution in [0.3, 0.4) is 0 Å². The van der Waals surface area contributed by atoms with Gasteiger partial charge in [-0.3, -0.25) is 19.3 Å². The number of imide groups is 1. The molecule has 0 radical (unpaired) electrons. The van der Waals surface area contributed by atoms with E-state index in [1.165, 1.54) is 16.2 Å². The van der Waals surface area contributed by atoms with Gasteiger partial charge in [0, 0.05) is 38.5 Å². The molecule has 0 saturated carbocycles. The number of thiophene rings is 1. The molecule has 1 N–H and O–H groups in total. The Morgan fingerprint density at radius 3 is 2.76 bits per heavy atom. The molecule has 0 bridgehead atoms.